The van der Waals surface area contributed by atoms with Gasteiger partial charge in [-0.25, -0.2) is 4.39 Å². The fraction of sp³-hybridized carbons (Fsp3) is 0.455. The first-order valence-corrected chi connectivity index (χ1v) is 5.08. The predicted molar refractivity (Wildman–Crippen MR) is 61.0 cm³/mol. The number of benzene rings is 1. The van der Waals surface area contributed by atoms with Gasteiger partial charge in [0.05, 0.1) is 4.92 Å². The molecular weight excluding hydrogens is 230 g/mol. The van der Waals surface area contributed by atoms with Gasteiger partial charge in [0, 0.05) is 18.7 Å². The molecule has 0 radical (unpaired) electrons. The van der Waals surface area contributed by atoms with Gasteiger partial charge in [-0.15, -0.1) is 0 Å². The van der Waals surface area contributed by atoms with Gasteiger partial charge in [-0.05, 0) is 5.41 Å². The molecule has 4 nitrogen and oxygen atoms in total. The van der Waals surface area contributed by atoms with Gasteiger partial charge >= 0.3 is 5.69 Å². The molecule has 0 unspecified atom stereocenters. The van der Waals surface area contributed by atoms with Crippen LogP contribution in [0.15, 0.2) is 12.1 Å². The number of anilines is 1. The van der Waals surface area contributed by atoms with Crippen LogP contribution < -0.4 is 5.32 Å². The van der Waals surface area contributed by atoms with Crippen LogP contribution in [0.3, 0.4) is 0 Å². The SMILES string of the molecule is CC(C)(C)CNc1cc(F)cc(F)c1[N+](=O)[O-]. The maximum absolute atomic E-state index is 13.3. The summed E-state index contributed by atoms with van der Waals surface area (Å²) in [5.74, 6) is -2.02. The third-order valence-electron chi connectivity index (χ3n) is 2.02. The van der Waals surface area contributed by atoms with E-state index in [0.717, 1.165) is 6.07 Å². The van der Waals surface area contributed by atoms with E-state index in [1.54, 1.807) is 0 Å². The second-order valence-corrected chi connectivity index (χ2v) is 4.96. The molecule has 6 heteroatoms. The molecule has 17 heavy (non-hydrogen) atoms. The maximum Gasteiger partial charge on any atom is 0.327 e. The molecule has 0 saturated heterocycles. The summed E-state index contributed by atoms with van der Waals surface area (Å²) in [6.07, 6.45) is 0. The lowest BCUT2D eigenvalue weighted by atomic mass is 9.97. The van der Waals surface area contributed by atoms with Crippen LogP contribution in [0, 0.1) is 27.2 Å². The van der Waals surface area contributed by atoms with E-state index in [9.17, 15) is 18.9 Å². The average molecular weight is 244 g/mol. The van der Waals surface area contributed by atoms with Crippen molar-refractivity contribution in [2.24, 2.45) is 5.41 Å². The molecule has 0 fully saturated rings. The zero-order valence-electron chi connectivity index (χ0n) is 9.88. The molecule has 0 heterocycles. The summed E-state index contributed by atoms with van der Waals surface area (Å²) in [6, 6.07) is 1.42. The van der Waals surface area contributed by atoms with E-state index in [1.807, 2.05) is 20.8 Å². The largest absolute Gasteiger partial charge is 0.379 e. The second-order valence-electron chi connectivity index (χ2n) is 4.96. The Morgan fingerprint density at radius 1 is 1.35 bits per heavy atom. The highest BCUT2D eigenvalue weighted by molar-refractivity contribution is 5.62. The molecule has 0 atom stereocenters. The number of rotatable bonds is 3. The maximum atomic E-state index is 13.3. The lowest BCUT2D eigenvalue weighted by molar-refractivity contribution is -0.386. The molecular formula is C11H14F2N2O2. The van der Waals surface area contributed by atoms with Crippen LogP contribution in [0.25, 0.3) is 0 Å². The van der Waals surface area contributed by atoms with Crippen LogP contribution in [0.2, 0.25) is 0 Å². The number of hydrogen-bond donors (Lipinski definition) is 1. The number of nitro benzene ring substituents is 1. The molecule has 0 aromatic heterocycles. The van der Waals surface area contributed by atoms with Crippen molar-refractivity contribution in [1.29, 1.82) is 0 Å². The van der Waals surface area contributed by atoms with Gasteiger partial charge in [-0.3, -0.25) is 10.1 Å². The summed E-state index contributed by atoms with van der Waals surface area (Å²) >= 11 is 0. The Balaban J connectivity index is 3.09. The smallest absolute Gasteiger partial charge is 0.327 e. The van der Waals surface area contributed by atoms with Crippen molar-refractivity contribution in [2.45, 2.75) is 20.8 Å². The zero-order chi connectivity index (χ0) is 13.2. The van der Waals surface area contributed by atoms with Gasteiger partial charge in [-0.1, -0.05) is 20.8 Å². The molecule has 0 spiro atoms. The minimum Gasteiger partial charge on any atom is -0.379 e. The minimum absolute atomic E-state index is 0.137. The number of nitrogens with zero attached hydrogens (tertiary/aromatic N) is 1. The fourth-order valence-corrected chi connectivity index (χ4v) is 1.25. The van der Waals surface area contributed by atoms with Gasteiger partial charge in [0.1, 0.15) is 11.5 Å². The highest BCUT2D eigenvalue weighted by Crippen LogP contribution is 2.29. The van der Waals surface area contributed by atoms with Crippen LogP contribution >= 0.6 is 0 Å². The summed E-state index contributed by atoms with van der Waals surface area (Å²) in [5, 5.41) is 13.4. The Morgan fingerprint density at radius 3 is 2.41 bits per heavy atom. The van der Waals surface area contributed by atoms with Crippen molar-refractivity contribution in [3.63, 3.8) is 0 Å². The van der Waals surface area contributed by atoms with Gasteiger partial charge in [0.15, 0.2) is 0 Å². The van der Waals surface area contributed by atoms with E-state index in [-0.39, 0.29) is 11.1 Å². The first-order chi connectivity index (χ1) is 7.70. The van der Waals surface area contributed by atoms with Gasteiger partial charge in [0.2, 0.25) is 5.82 Å². The van der Waals surface area contributed by atoms with Crippen LogP contribution in [0.5, 0.6) is 0 Å². The summed E-state index contributed by atoms with van der Waals surface area (Å²) in [6.45, 7) is 6.08. The summed E-state index contributed by atoms with van der Waals surface area (Å²) in [5.41, 5.74) is -1.02. The number of nitrogens with one attached hydrogen (secondary N) is 1. The predicted octanol–water partition coefficient (Wildman–Crippen LogP) is 3.33. The third-order valence-corrected chi connectivity index (χ3v) is 2.02. The molecule has 1 aromatic carbocycles. The third kappa shape index (κ3) is 3.65. The highest BCUT2D eigenvalue weighted by Gasteiger charge is 2.23. The Bertz CT molecular complexity index is 442. The average Bonchev–Trinajstić information content (AvgIpc) is 2.11. The van der Waals surface area contributed by atoms with Crippen LogP contribution in [0.1, 0.15) is 20.8 Å². The minimum atomic E-state index is -1.17. The highest BCUT2D eigenvalue weighted by atomic mass is 19.1. The van der Waals surface area contributed by atoms with E-state index >= 15 is 0 Å². The monoisotopic (exact) mass is 244 g/mol. The molecule has 0 amide bonds. The molecule has 0 bridgehead atoms. The van der Waals surface area contributed by atoms with E-state index in [2.05, 4.69) is 5.32 Å². The Hall–Kier alpha value is -1.72. The zero-order valence-corrected chi connectivity index (χ0v) is 9.88. The van der Waals surface area contributed by atoms with Crippen LogP contribution in [-0.4, -0.2) is 11.5 Å². The molecule has 1 N–H and O–H groups in total. The summed E-state index contributed by atoms with van der Waals surface area (Å²) in [4.78, 5) is 9.82. The first kappa shape index (κ1) is 13.3. The number of nitro groups is 1. The van der Waals surface area contributed by atoms with E-state index in [4.69, 9.17) is 0 Å². The molecule has 0 aliphatic rings. The fourth-order valence-electron chi connectivity index (χ4n) is 1.25. The van der Waals surface area contributed by atoms with Gasteiger partial charge in [-0.2, -0.15) is 4.39 Å². The van der Waals surface area contributed by atoms with Gasteiger partial charge < -0.3 is 5.32 Å². The molecule has 1 aromatic rings. The van der Waals surface area contributed by atoms with E-state index < -0.39 is 22.2 Å². The van der Waals surface area contributed by atoms with E-state index in [1.165, 1.54) is 0 Å². The summed E-state index contributed by atoms with van der Waals surface area (Å²) < 4.78 is 26.2. The molecule has 0 saturated carbocycles. The van der Waals surface area contributed by atoms with Crippen molar-refractivity contribution < 1.29 is 13.7 Å². The second kappa shape index (κ2) is 4.65. The van der Waals surface area contributed by atoms with Crippen molar-refractivity contribution in [3.05, 3.63) is 33.9 Å². The normalized spacial score (nSPS) is 11.4. The topological polar surface area (TPSA) is 55.2 Å². The van der Waals surface area contributed by atoms with Crippen molar-refractivity contribution in [3.8, 4) is 0 Å². The Morgan fingerprint density at radius 2 is 1.94 bits per heavy atom. The van der Waals surface area contributed by atoms with Crippen LogP contribution in [-0.2, 0) is 0 Å². The van der Waals surface area contributed by atoms with Crippen LogP contribution in [0.4, 0.5) is 20.2 Å². The standard InChI is InChI=1S/C11H14F2N2O2/c1-11(2,3)6-14-9-5-7(12)4-8(13)10(9)15(16)17/h4-5,14H,6H2,1-3H3. The lowest BCUT2D eigenvalue weighted by Gasteiger charge is -2.19. The van der Waals surface area contributed by atoms with Crippen molar-refractivity contribution in [2.75, 3.05) is 11.9 Å². The first-order valence-electron chi connectivity index (χ1n) is 5.08. The molecule has 94 valence electrons. The van der Waals surface area contributed by atoms with Crippen molar-refractivity contribution >= 4 is 11.4 Å². The summed E-state index contributed by atoms with van der Waals surface area (Å²) in [7, 11) is 0. The Labute approximate surface area is 97.8 Å². The number of halogens is 2. The quantitative estimate of drug-likeness (QED) is 0.655. The van der Waals surface area contributed by atoms with Gasteiger partial charge in [0.25, 0.3) is 0 Å². The number of hydrogen-bond acceptors (Lipinski definition) is 3. The van der Waals surface area contributed by atoms with Crippen molar-refractivity contribution in [1.82, 2.24) is 0 Å². The Kier molecular flexibility index (Phi) is 3.65. The lowest BCUT2D eigenvalue weighted by Crippen LogP contribution is -2.19. The van der Waals surface area contributed by atoms with E-state index in [0.29, 0.717) is 12.6 Å². The molecule has 1 rings (SSSR count). The molecule has 0 aliphatic carbocycles. The molecule has 0 aliphatic heterocycles.